The SMILES string of the molecule is NC(CNS(=O)(=O)c1cc(Br)cc2c1OCC2)c1ccccc1. The van der Waals surface area contributed by atoms with E-state index in [0.29, 0.717) is 18.8 Å². The van der Waals surface area contributed by atoms with Gasteiger partial charge in [-0.2, -0.15) is 0 Å². The number of hydrogen-bond donors (Lipinski definition) is 2. The smallest absolute Gasteiger partial charge is 0.244 e. The average Bonchev–Trinajstić information content (AvgIpc) is 3.00. The molecule has 0 saturated heterocycles. The zero-order valence-corrected chi connectivity index (χ0v) is 14.7. The van der Waals surface area contributed by atoms with Crippen LogP contribution in [0.25, 0.3) is 0 Å². The van der Waals surface area contributed by atoms with Crippen LogP contribution in [0.4, 0.5) is 0 Å². The highest BCUT2D eigenvalue weighted by molar-refractivity contribution is 9.10. The van der Waals surface area contributed by atoms with Crippen LogP contribution in [0.5, 0.6) is 5.75 Å². The summed E-state index contributed by atoms with van der Waals surface area (Å²) in [5.41, 5.74) is 7.83. The summed E-state index contributed by atoms with van der Waals surface area (Å²) in [6, 6.07) is 12.4. The second-order valence-electron chi connectivity index (χ2n) is 5.36. The van der Waals surface area contributed by atoms with Crippen molar-refractivity contribution in [1.82, 2.24) is 4.72 Å². The summed E-state index contributed by atoms with van der Waals surface area (Å²) in [6.07, 6.45) is 0.709. The van der Waals surface area contributed by atoms with E-state index < -0.39 is 16.1 Å². The summed E-state index contributed by atoms with van der Waals surface area (Å²) in [5.74, 6) is 0.439. The van der Waals surface area contributed by atoms with Crippen LogP contribution in [0.2, 0.25) is 0 Å². The van der Waals surface area contributed by atoms with Crippen LogP contribution in [0.3, 0.4) is 0 Å². The molecule has 0 bridgehead atoms. The Balaban J connectivity index is 1.81. The first-order valence-corrected chi connectivity index (χ1v) is 9.50. The topological polar surface area (TPSA) is 81.4 Å². The molecule has 2 aromatic carbocycles. The highest BCUT2D eigenvalue weighted by Gasteiger charge is 2.26. The summed E-state index contributed by atoms with van der Waals surface area (Å²) >= 11 is 3.35. The first-order valence-electron chi connectivity index (χ1n) is 7.23. The van der Waals surface area contributed by atoms with Crippen molar-refractivity contribution in [2.24, 2.45) is 5.73 Å². The maximum atomic E-state index is 12.6. The molecular weight excluding hydrogens is 380 g/mol. The molecule has 3 rings (SSSR count). The largest absolute Gasteiger partial charge is 0.492 e. The second-order valence-corrected chi connectivity index (χ2v) is 8.01. The van der Waals surface area contributed by atoms with Gasteiger partial charge in [0.25, 0.3) is 0 Å². The van der Waals surface area contributed by atoms with Crippen molar-refractivity contribution in [2.75, 3.05) is 13.2 Å². The molecule has 23 heavy (non-hydrogen) atoms. The van der Waals surface area contributed by atoms with E-state index >= 15 is 0 Å². The highest BCUT2D eigenvalue weighted by atomic mass is 79.9. The maximum absolute atomic E-state index is 12.6. The molecule has 0 saturated carbocycles. The van der Waals surface area contributed by atoms with E-state index in [-0.39, 0.29) is 11.4 Å². The van der Waals surface area contributed by atoms with Gasteiger partial charge in [0.1, 0.15) is 10.6 Å². The van der Waals surface area contributed by atoms with Gasteiger partial charge in [0.05, 0.1) is 6.61 Å². The third kappa shape index (κ3) is 3.58. The maximum Gasteiger partial charge on any atom is 0.244 e. The molecule has 0 amide bonds. The minimum Gasteiger partial charge on any atom is -0.492 e. The average molecular weight is 397 g/mol. The Labute approximate surface area is 144 Å². The lowest BCUT2D eigenvalue weighted by Crippen LogP contribution is -2.32. The standard InChI is InChI=1S/C16H17BrN2O3S/c17-13-8-12-6-7-22-16(12)15(9-13)23(20,21)19-10-14(18)11-4-2-1-3-5-11/h1-5,8-9,14,19H,6-7,10,18H2. The predicted octanol–water partition coefficient (Wildman–Crippen LogP) is 2.36. The van der Waals surface area contributed by atoms with Crippen LogP contribution in [0.15, 0.2) is 51.8 Å². The molecule has 122 valence electrons. The van der Waals surface area contributed by atoms with Gasteiger partial charge in [-0.25, -0.2) is 13.1 Å². The molecule has 1 aliphatic heterocycles. The first-order chi connectivity index (χ1) is 11.0. The van der Waals surface area contributed by atoms with E-state index in [9.17, 15) is 8.42 Å². The van der Waals surface area contributed by atoms with Gasteiger partial charge in [0.15, 0.2) is 0 Å². The Morgan fingerprint density at radius 2 is 2.00 bits per heavy atom. The lowest BCUT2D eigenvalue weighted by Gasteiger charge is -2.15. The zero-order chi connectivity index (χ0) is 16.4. The lowest BCUT2D eigenvalue weighted by molar-refractivity contribution is 0.348. The van der Waals surface area contributed by atoms with Gasteiger partial charge >= 0.3 is 0 Å². The molecule has 2 aromatic rings. The molecule has 1 heterocycles. The van der Waals surface area contributed by atoms with Crippen LogP contribution < -0.4 is 15.2 Å². The van der Waals surface area contributed by atoms with Crippen molar-refractivity contribution in [3.05, 3.63) is 58.1 Å². The zero-order valence-electron chi connectivity index (χ0n) is 12.3. The van der Waals surface area contributed by atoms with Crippen molar-refractivity contribution < 1.29 is 13.2 Å². The van der Waals surface area contributed by atoms with Crippen LogP contribution in [0.1, 0.15) is 17.2 Å². The number of nitrogens with one attached hydrogen (secondary N) is 1. The van der Waals surface area contributed by atoms with E-state index in [1.165, 1.54) is 0 Å². The number of benzene rings is 2. The summed E-state index contributed by atoms with van der Waals surface area (Å²) in [6.45, 7) is 0.617. The molecule has 7 heteroatoms. The fourth-order valence-electron chi connectivity index (χ4n) is 2.53. The molecule has 1 atom stereocenters. The summed E-state index contributed by atoms with van der Waals surface area (Å²) in [7, 11) is -3.70. The van der Waals surface area contributed by atoms with Crippen LogP contribution in [0, 0.1) is 0 Å². The monoisotopic (exact) mass is 396 g/mol. The molecule has 0 fully saturated rings. The number of rotatable bonds is 5. The van der Waals surface area contributed by atoms with Gasteiger partial charge in [-0.05, 0) is 17.7 Å². The molecule has 0 radical (unpaired) electrons. The lowest BCUT2D eigenvalue weighted by atomic mass is 10.1. The van der Waals surface area contributed by atoms with Crippen molar-refractivity contribution in [2.45, 2.75) is 17.4 Å². The fourth-order valence-corrected chi connectivity index (χ4v) is 4.46. The van der Waals surface area contributed by atoms with Gasteiger partial charge in [-0.3, -0.25) is 0 Å². The third-order valence-corrected chi connectivity index (χ3v) is 5.61. The minimum absolute atomic E-state index is 0.119. The molecule has 5 nitrogen and oxygen atoms in total. The van der Waals surface area contributed by atoms with Crippen molar-refractivity contribution >= 4 is 26.0 Å². The quantitative estimate of drug-likeness (QED) is 0.812. The van der Waals surface area contributed by atoms with Gasteiger partial charge in [-0.1, -0.05) is 46.3 Å². The summed E-state index contributed by atoms with van der Waals surface area (Å²) in [4.78, 5) is 0.152. The fraction of sp³-hybridized carbons (Fsp3) is 0.250. The number of hydrogen-bond acceptors (Lipinski definition) is 4. The van der Waals surface area contributed by atoms with Crippen molar-refractivity contribution in [3.63, 3.8) is 0 Å². The van der Waals surface area contributed by atoms with Crippen molar-refractivity contribution in [3.8, 4) is 5.75 Å². The van der Waals surface area contributed by atoms with Gasteiger partial charge in [0.2, 0.25) is 10.0 Å². The molecule has 0 spiro atoms. The Morgan fingerprint density at radius 3 is 2.74 bits per heavy atom. The minimum atomic E-state index is -3.70. The Morgan fingerprint density at radius 1 is 1.26 bits per heavy atom. The Kier molecular flexibility index (Phi) is 4.72. The summed E-state index contributed by atoms with van der Waals surface area (Å²) < 4.78 is 34.0. The van der Waals surface area contributed by atoms with Gasteiger partial charge in [-0.15, -0.1) is 0 Å². The molecule has 3 N–H and O–H groups in total. The van der Waals surface area contributed by atoms with Crippen LogP contribution in [-0.2, 0) is 16.4 Å². The van der Waals surface area contributed by atoms with E-state index in [4.69, 9.17) is 10.5 Å². The number of halogens is 1. The highest BCUT2D eigenvalue weighted by Crippen LogP contribution is 2.35. The summed E-state index contributed by atoms with van der Waals surface area (Å²) in [5, 5.41) is 0. The molecule has 0 aliphatic carbocycles. The van der Waals surface area contributed by atoms with Gasteiger partial charge < -0.3 is 10.5 Å². The Hall–Kier alpha value is -1.41. The first kappa shape index (κ1) is 16.4. The molecular formula is C16H17BrN2O3S. The number of nitrogens with two attached hydrogens (primary N) is 1. The van der Waals surface area contributed by atoms with E-state index in [1.807, 2.05) is 36.4 Å². The normalized spacial score (nSPS) is 15.0. The second kappa shape index (κ2) is 6.60. The number of fused-ring (bicyclic) bond motifs is 1. The van der Waals surface area contributed by atoms with Gasteiger partial charge in [0, 0.05) is 29.0 Å². The third-order valence-electron chi connectivity index (χ3n) is 3.72. The van der Waals surface area contributed by atoms with Crippen LogP contribution in [-0.4, -0.2) is 21.6 Å². The van der Waals surface area contributed by atoms with E-state index in [0.717, 1.165) is 15.6 Å². The predicted molar refractivity (Wildman–Crippen MR) is 91.9 cm³/mol. The van der Waals surface area contributed by atoms with E-state index in [1.54, 1.807) is 6.07 Å². The number of sulfonamides is 1. The van der Waals surface area contributed by atoms with E-state index in [2.05, 4.69) is 20.7 Å². The molecule has 1 unspecified atom stereocenters. The molecule has 1 aliphatic rings. The number of ether oxygens (including phenoxy) is 1. The van der Waals surface area contributed by atoms with Crippen LogP contribution >= 0.6 is 15.9 Å². The van der Waals surface area contributed by atoms with Crippen molar-refractivity contribution in [1.29, 1.82) is 0 Å². The Bertz CT molecular complexity index is 810. The molecule has 0 aromatic heterocycles.